The minimum atomic E-state index is -0.415. The minimum absolute atomic E-state index is 0.00120. The van der Waals surface area contributed by atoms with Crippen molar-refractivity contribution in [1.82, 2.24) is 0 Å². The van der Waals surface area contributed by atoms with Crippen molar-refractivity contribution in [3.63, 3.8) is 0 Å². The van der Waals surface area contributed by atoms with Crippen molar-refractivity contribution in [1.29, 1.82) is 0 Å². The highest BCUT2D eigenvalue weighted by Crippen LogP contribution is 2.51. The van der Waals surface area contributed by atoms with E-state index in [-0.39, 0.29) is 19.0 Å². The van der Waals surface area contributed by atoms with E-state index in [0.29, 0.717) is 50.6 Å². The second kappa shape index (κ2) is 5.95. The van der Waals surface area contributed by atoms with Gasteiger partial charge in [0.1, 0.15) is 11.5 Å². The molecule has 0 saturated carbocycles. The van der Waals surface area contributed by atoms with E-state index in [9.17, 15) is 9.90 Å². The number of carbonyl (C=O) groups is 1. The summed E-state index contributed by atoms with van der Waals surface area (Å²) in [4.78, 5) is 12.0. The maximum Gasteiger partial charge on any atom is 0.315 e. The van der Waals surface area contributed by atoms with Gasteiger partial charge in [-0.25, -0.2) is 0 Å². The monoisotopic (exact) mass is 380 g/mol. The molecule has 0 aliphatic carbocycles. The summed E-state index contributed by atoms with van der Waals surface area (Å²) in [5.74, 6) is 2.17. The average molecular weight is 380 g/mol. The molecule has 0 unspecified atom stereocenters. The maximum absolute atomic E-state index is 12.0. The Balaban J connectivity index is 1.88. The first kappa shape index (κ1) is 16.6. The van der Waals surface area contributed by atoms with Crippen LogP contribution in [0.1, 0.15) is 5.56 Å². The van der Waals surface area contributed by atoms with E-state index >= 15 is 0 Å². The molecule has 0 aromatic heterocycles. The summed E-state index contributed by atoms with van der Waals surface area (Å²) < 4.78 is 27.2. The third-order valence-corrected chi connectivity index (χ3v) is 5.03. The Morgan fingerprint density at radius 3 is 2.43 bits per heavy atom. The molecule has 0 spiro atoms. The zero-order valence-corrected chi connectivity index (χ0v) is 15.2. The van der Waals surface area contributed by atoms with E-state index in [2.05, 4.69) is 0 Å². The normalized spacial score (nSPS) is 14.1. The van der Waals surface area contributed by atoms with Gasteiger partial charge in [-0.2, -0.15) is 0 Å². The molecule has 0 radical (unpaired) electrons. The highest BCUT2D eigenvalue weighted by molar-refractivity contribution is 6.08. The Hall–Kier alpha value is -3.61. The molecule has 1 N–H and O–H groups in total. The van der Waals surface area contributed by atoms with Crippen molar-refractivity contribution in [2.24, 2.45) is 0 Å². The number of phenols is 1. The quantitative estimate of drug-likeness (QED) is 0.551. The van der Waals surface area contributed by atoms with Crippen LogP contribution >= 0.6 is 0 Å². The number of methoxy groups -OCH3 is 2. The molecule has 0 amide bonds. The molecule has 5 rings (SSSR count). The van der Waals surface area contributed by atoms with Crippen molar-refractivity contribution >= 4 is 16.7 Å². The summed E-state index contributed by atoms with van der Waals surface area (Å²) in [7, 11) is 3.07. The molecule has 7 nitrogen and oxygen atoms in total. The summed E-state index contributed by atoms with van der Waals surface area (Å²) in [5.41, 5.74) is 1.90. The van der Waals surface area contributed by atoms with Gasteiger partial charge in [0, 0.05) is 21.9 Å². The summed E-state index contributed by atoms with van der Waals surface area (Å²) in [6.07, 6.45) is 0.00298. The highest BCUT2D eigenvalue weighted by Gasteiger charge is 2.31. The molecule has 3 aromatic carbocycles. The molecular weight excluding hydrogens is 364 g/mol. The number of rotatable bonds is 3. The van der Waals surface area contributed by atoms with Gasteiger partial charge < -0.3 is 28.8 Å². The molecule has 0 fully saturated rings. The third-order valence-electron chi connectivity index (χ3n) is 5.03. The van der Waals surface area contributed by atoms with Gasteiger partial charge in [0.15, 0.2) is 23.0 Å². The maximum atomic E-state index is 12.0. The number of phenolic OH excluding ortho intramolecular Hbond substituents is 1. The lowest BCUT2D eigenvalue weighted by Gasteiger charge is -2.17. The predicted molar refractivity (Wildman–Crippen MR) is 99.6 cm³/mol. The van der Waals surface area contributed by atoms with Gasteiger partial charge in [0.05, 0.1) is 20.6 Å². The first-order chi connectivity index (χ1) is 13.6. The van der Waals surface area contributed by atoms with Crippen molar-refractivity contribution in [3.05, 3.63) is 35.9 Å². The van der Waals surface area contributed by atoms with Crippen LogP contribution in [-0.2, 0) is 11.2 Å². The lowest BCUT2D eigenvalue weighted by molar-refractivity contribution is -0.131. The highest BCUT2D eigenvalue weighted by atomic mass is 16.7. The molecule has 2 aliphatic rings. The van der Waals surface area contributed by atoms with Gasteiger partial charge in [-0.05, 0) is 29.8 Å². The van der Waals surface area contributed by atoms with Crippen LogP contribution in [0.2, 0.25) is 0 Å². The van der Waals surface area contributed by atoms with Crippen molar-refractivity contribution < 1.29 is 33.6 Å². The van der Waals surface area contributed by atoms with Gasteiger partial charge >= 0.3 is 5.97 Å². The van der Waals surface area contributed by atoms with Crippen LogP contribution in [0.5, 0.6) is 34.5 Å². The standard InChI is InChI=1S/C21H16O7/c1-24-15-6-11-12(7-16(15)25-2)20(23)13-8-18(22)28-21(13)19(11)10-3-4-14-17(5-10)27-9-26-14/h3-7,23H,8-9H2,1-2H3. The Morgan fingerprint density at radius 2 is 1.68 bits per heavy atom. The minimum Gasteiger partial charge on any atom is -0.507 e. The molecule has 7 heteroatoms. The fourth-order valence-electron chi connectivity index (χ4n) is 3.73. The molecule has 28 heavy (non-hydrogen) atoms. The van der Waals surface area contributed by atoms with Crippen LogP contribution in [0, 0.1) is 0 Å². The molecular formula is C21H16O7. The molecule has 0 saturated heterocycles. The Kier molecular flexibility index (Phi) is 3.52. The summed E-state index contributed by atoms with van der Waals surface area (Å²) in [6.45, 7) is 0.160. The largest absolute Gasteiger partial charge is 0.507 e. The SMILES string of the molecule is COc1cc2c(O)c3c(c(-c4ccc5c(c4)OCO5)c2cc1OC)OC(=O)C3. The first-order valence-corrected chi connectivity index (χ1v) is 8.65. The van der Waals surface area contributed by atoms with Crippen LogP contribution in [0.4, 0.5) is 0 Å². The van der Waals surface area contributed by atoms with E-state index in [1.807, 2.05) is 12.1 Å². The van der Waals surface area contributed by atoms with Crippen molar-refractivity contribution in [2.45, 2.75) is 6.42 Å². The number of carbonyl (C=O) groups excluding carboxylic acids is 1. The van der Waals surface area contributed by atoms with E-state index in [1.165, 1.54) is 14.2 Å². The average Bonchev–Trinajstić information content (AvgIpc) is 3.33. The smallest absolute Gasteiger partial charge is 0.315 e. The zero-order valence-electron chi connectivity index (χ0n) is 15.2. The number of aromatic hydroxyl groups is 1. The number of fused-ring (bicyclic) bond motifs is 3. The van der Waals surface area contributed by atoms with E-state index in [1.54, 1.807) is 18.2 Å². The topological polar surface area (TPSA) is 83.5 Å². The van der Waals surface area contributed by atoms with Crippen molar-refractivity contribution in [3.8, 4) is 45.6 Å². The lowest BCUT2D eigenvalue weighted by atomic mass is 9.92. The van der Waals surface area contributed by atoms with E-state index in [4.69, 9.17) is 23.7 Å². The van der Waals surface area contributed by atoms with Crippen molar-refractivity contribution in [2.75, 3.05) is 21.0 Å². The van der Waals surface area contributed by atoms with Gasteiger partial charge in [0.25, 0.3) is 0 Å². The Morgan fingerprint density at radius 1 is 0.964 bits per heavy atom. The number of esters is 1. The molecule has 0 atom stereocenters. The molecule has 0 bridgehead atoms. The third kappa shape index (κ3) is 2.26. The number of ether oxygens (including phenoxy) is 5. The number of benzene rings is 3. The van der Waals surface area contributed by atoms with E-state index in [0.717, 1.165) is 5.56 Å². The van der Waals surface area contributed by atoms with Gasteiger partial charge in [-0.1, -0.05) is 6.07 Å². The molecule has 142 valence electrons. The Labute approximate surface area is 160 Å². The van der Waals surface area contributed by atoms with Gasteiger partial charge in [-0.3, -0.25) is 4.79 Å². The van der Waals surface area contributed by atoms with Crippen LogP contribution in [0.15, 0.2) is 30.3 Å². The van der Waals surface area contributed by atoms with Crippen LogP contribution in [0.25, 0.3) is 21.9 Å². The zero-order chi connectivity index (χ0) is 19.4. The predicted octanol–water partition coefficient (Wildman–Crippen LogP) is 3.42. The summed E-state index contributed by atoms with van der Waals surface area (Å²) in [5, 5.41) is 12.0. The van der Waals surface area contributed by atoms with E-state index < -0.39 is 5.97 Å². The fourth-order valence-corrected chi connectivity index (χ4v) is 3.73. The molecule has 2 heterocycles. The molecule has 3 aromatic rings. The second-order valence-corrected chi connectivity index (χ2v) is 6.50. The first-order valence-electron chi connectivity index (χ1n) is 8.65. The number of hydrogen-bond acceptors (Lipinski definition) is 7. The lowest BCUT2D eigenvalue weighted by Crippen LogP contribution is -2.00. The van der Waals surface area contributed by atoms with Gasteiger partial charge in [-0.15, -0.1) is 0 Å². The molecule has 2 aliphatic heterocycles. The van der Waals surface area contributed by atoms with Gasteiger partial charge in [0.2, 0.25) is 6.79 Å². The van der Waals surface area contributed by atoms with Crippen LogP contribution in [0.3, 0.4) is 0 Å². The fraction of sp³-hybridized carbons (Fsp3) is 0.190. The Bertz CT molecular complexity index is 1150. The second-order valence-electron chi connectivity index (χ2n) is 6.50. The van der Waals surface area contributed by atoms with Crippen LogP contribution < -0.4 is 23.7 Å². The van der Waals surface area contributed by atoms with Crippen LogP contribution in [-0.4, -0.2) is 32.1 Å². The summed E-state index contributed by atoms with van der Waals surface area (Å²) >= 11 is 0. The number of hydrogen-bond donors (Lipinski definition) is 1. The summed E-state index contributed by atoms with van der Waals surface area (Å²) in [6, 6.07) is 8.96.